The van der Waals surface area contributed by atoms with Crippen molar-refractivity contribution >= 4 is 93.1 Å². The second-order valence-electron chi connectivity index (χ2n) is 13.8. The molecule has 7 rings (SSSR count). The summed E-state index contributed by atoms with van der Waals surface area (Å²) in [6.07, 6.45) is 4.45. The molecule has 0 saturated carbocycles. The summed E-state index contributed by atoms with van der Waals surface area (Å²) in [4.78, 5) is 53.5. The van der Waals surface area contributed by atoms with Crippen LogP contribution in [0.25, 0.3) is 22.3 Å². The molecule has 0 fully saturated rings. The number of thiocarbonyl (C=S) groups is 2. The Morgan fingerprint density at radius 1 is 0.533 bits per heavy atom. The highest BCUT2D eigenvalue weighted by atomic mass is 32.1. The number of aliphatic imine (C=N–C) groups is 2. The lowest BCUT2D eigenvalue weighted by Gasteiger charge is -2.14. The summed E-state index contributed by atoms with van der Waals surface area (Å²) in [5.74, 6) is 0. The second kappa shape index (κ2) is 19.5. The highest BCUT2D eigenvalue weighted by molar-refractivity contribution is 7.80. The Hall–Kier alpha value is -7.22. The van der Waals surface area contributed by atoms with Crippen LogP contribution in [0, 0.1) is 0 Å². The summed E-state index contributed by atoms with van der Waals surface area (Å²) in [6, 6.07) is 30.1. The minimum Gasteiger partial charge on any atom is -0.449 e. The number of hydrogen-bond donors (Lipinski definition) is 6. The third-order valence-corrected chi connectivity index (χ3v) is 10.1. The van der Waals surface area contributed by atoms with Crippen molar-refractivity contribution in [3.8, 4) is 22.3 Å². The van der Waals surface area contributed by atoms with Crippen molar-refractivity contribution in [2.24, 2.45) is 9.98 Å². The summed E-state index contributed by atoms with van der Waals surface area (Å²) < 4.78 is 10.7. The van der Waals surface area contributed by atoms with Crippen molar-refractivity contribution in [2.75, 3.05) is 47.6 Å². The topological polar surface area (TPSA) is 184 Å². The van der Waals surface area contributed by atoms with Crippen molar-refractivity contribution < 1.29 is 28.7 Å². The van der Waals surface area contributed by atoms with Crippen molar-refractivity contribution in [1.29, 1.82) is 0 Å². The summed E-state index contributed by atoms with van der Waals surface area (Å²) in [5.41, 5.74) is 12.4. The Morgan fingerprint density at radius 3 is 1.37 bits per heavy atom. The van der Waals surface area contributed by atoms with Crippen LogP contribution in [0.4, 0.5) is 43.7 Å². The maximum Gasteiger partial charge on any atom is 0.411 e. The fourth-order valence-electron chi connectivity index (χ4n) is 7.01. The molecule has 14 nitrogen and oxygen atoms in total. The first-order chi connectivity index (χ1) is 29.2. The van der Waals surface area contributed by atoms with Crippen LogP contribution in [0.5, 0.6) is 0 Å². The molecule has 0 spiro atoms. The van der Waals surface area contributed by atoms with E-state index < -0.39 is 12.2 Å². The quantitative estimate of drug-likeness (QED) is 0.0266. The fourth-order valence-corrected chi connectivity index (χ4v) is 7.44. The van der Waals surface area contributed by atoms with E-state index in [-0.39, 0.29) is 13.2 Å². The number of anilines is 4. The Bertz CT molecular complexity index is 2420. The minimum absolute atomic E-state index is 0.190. The van der Waals surface area contributed by atoms with E-state index in [9.17, 15) is 19.2 Å². The molecule has 0 radical (unpaired) electrons. The average molecular weight is 839 g/mol. The van der Waals surface area contributed by atoms with Gasteiger partial charge >= 0.3 is 12.2 Å². The molecule has 5 aromatic rings. The number of fused-ring (bicyclic) bond motifs is 6. The molecule has 2 aliphatic rings. The molecule has 0 aromatic heterocycles. The number of isocyanates is 2. The molecule has 0 bridgehead atoms. The number of nitrogens with one attached hydrogen (secondary N) is 6. The molecular weight excluding hydrogens is 801 g/mol. The third-order valence-electron chi connectivity index (χ3n) is 9.63. The maximum absolute atomic E-state index is 12.4. The summed E-state index contributed by atoms with van der Waals surface area (Å²) in [7, 11) is 0. The number of carbonyl (C=O) groups is 2. The average Bonchev–Trinajstić information content (AvgIpc) is 3.77. The molecule has 302 valence electrons. The van der Waals surface area contributed by atoms with E-state index in [2.05, 4.69) is 41.9 Å². The van der Waals surface area contributed by atoms with Crippen molar-refractivity contribution in [1.82, 2.24) is 10.6 Å². The van der Waals surface area contributed by atoms with E-state index in [1.54, 1.807) is 24.3 Å². The molecule has 16 heteroatoms. The first-order valence-electron chi connectivity index (χ1n) is 19.0. The van der Waals surface area contributed by atoms with E-state index in [1.165, 1.54) is 0 Å². The van der Waals surface area contributed by atoms with Crippen molar-refractivity contribution in [3.63, 3.8) is 0 Å². The lowest BCUT2D eigenvalue weighted by molar-refractivity contribution is 0.159. The van der Waals surface area contributed by atoms with Gasteiger partial charge in [-0.25, -0.2) is 19.2 Å². The predicted octanol–water partition coefficient (Wildman–Crippen LogP) is 8.61. The second-order valence-corrected chi connectivity index (χ2v) is 14.6. The van der Waals surface area contributed by atoms with Gasteiger partial charge < -0.3 is 30.7 Å². The maximum atomic E-state index is 12.4. The van der Waals surface area contributed by atoms with E-state index in [1.807, 2.05) is 84.9 Å². The number of amides is 2. The van der Waals surface area contributed by atoms with Gasteiger partial charge in [-0.15, -0.1) is 0 Å². The fraction of sp³-hybridized carbons (Fsp3) is 0.182. The Kier molecular flexibility index (Phi) is 13.3. The number of ether oxygens (including phenoxy) is 2. The molecule has 2 amide bonds. The lowest BCUT2D eigenvalue weighted by atomic mass is 10.1. The van der Waals surface area contributed by atoms with Crippen LogP contribution in [-0.2, 0) is 31.9 Å². The Balaban J connectivity index is 0.741. The zero-order valence-electron chi connectivity index (χ0n) is 32.1. The zero-order chi connectivity index (χ0) is 41.8. The largest absolute Gasteiger partial charge is 0.449 e. The van der Waals surface area contributed by atoms with Crippen LogP contribution < -0.4 is 31.9 Å². The number of hydrogen-bond acceptors (Lipinski definition) is 10. The lowest BCUT2D eigenvalue weighted by Crippen LogP contribution is -2.31. The van der Waals surface area contributed by atoms with Gasteiger partial charge in [0, 0.05) is 35.8 Å². The van der Waals surface area contributed by atoms with Crippen LogP contribution in [0.2, 0.25) is 0 Å². The van der Waals surface area contributed by atoms with Crippen molar-refractivity contribution in [2.45, 2.75) is 25.7 Å². The zero-order valence-corrected chi connectivity index (χ0v) is 33.7. The van der Waals surface area contributed by atoms with Gasteiger partial charge in [0.1, 0.15) is 0 Å². The normalized spacial score (nSPS) is 11.2. The molecular formula is C44H38N8O6S2. The predicted molar refractivity (Wildman–Crippen MR) is 239 cm³/mol. The van der Waals surface area contributed by atoms with E-state index in [0.29, 0.717) is 71.7 Å². The molecule has 60 heavy (non-hydrogen) atoms. The highest BCUT2D eigenvalue weighted by Gasteiger charge is 2.21. The van der Waals surface area contributed by atoms with Crippen molar-refractivity contribution in [3.05, 3.63) is 119 Å². The molecule has 0 atom stereocenters. The molecule has 5 aromatic carbocycles. The first kappa shape index (κ1) is 41.0. The molecule has 0 aliphatic heterocycles. The molecule has 6 N–H and O–H groups in total. The molecule has 2 aliphatic carbocycles. The number of carbonyl (C=O) groups excluding carboxylic acids is 4. The minimum atomic E-state index is -0.550. The van der Waals surface area contributed by atoms with Gasteiger partial charge in [-0.1, -0.05) is 30.3 Å². The SMILES string of the molecule is O=C=Nc1ccc2c(c1)Cc1cc(NC(=O)OCCCNC(=S)Nc3cccc(NC(=S)NCCCOC(=O)Nc4ccc5c(c4)Cc4cc(N=C=O)ccc4-5)c3)ccc1-2. The molecule has 0 heterocycles. The highest BCUT2D eigenvalue weighted by Crippen LogP contribution is 2.40. The Morgan fingerprint density at radius 2 is 0.933 bits per heavy atom. The smallest absolute Gasteiger partial charge is 0.411 e. The van der Waals surface area contributed by atoms with Crippen LogP contribution in [0.1, 0.15) is 35.1 Å². The standard InChI is InChI=1S/C44H38N8O6S2/c53-25-47-31-6-10-37-27(20-31)18-29-22-35(8-12-39(29)37)51-43(55)57-16-2-14-45-41(59)49-33-4-1-5-34(24-33)50-42(60)46-15-3-17-58-44(56)52-36-9-13-40-30(23-36)19-28-21-32(48-26-54)7-11-38(28)40/h1,4-13,20-24H,2-3,14-19H2,(H,51,55)(H,52,56)(H2,45,49,59)(H2,46,50,60). The monoisotopic (exact) mass is 838 g/mol. The van der Waals surface area contributed by atoms with Gasteiger partial charge in [-0.3, -0.25) is 10.6 Å². The molecule has 0 unspecified atom stereocenters. The van der Waals surface area contributed by atoms with Gasteiger partial charge in [0.25, 0.3) is 0 Å². The van der Waals surface area contributed by atoms with E-state index >= 15 is 0 Å². The number of rotatable bonds is 14. The van der Waals surface area contributed by atoms with Gasteiger partial charge in [-0.2, -0.15) is 9.98 Å². The number of nitrogens with zero attached hydrogens (tertiary/aromatic N) is 2. The van der Waals surface area contributed by atoms with Crippen LogP contribution in [0.15, 0.2) is 107 Å². The van der Waals surface area contributed by atoms with Gasteiger partial charge in [0.2, 0.25) is 12.2 Å². The van der Waals surface area contributed by atoms with Gasteiger partial charge in [-0.05, 0) is 161 Å². The van der Waals surface area contributed by atoms with Gasteiger partial charge in [0.15, 0.2) is 10.2 Å². The van der Waals surface area contributed by atoms with Crippen LogP contribution in [0.3, 0.4) is 0 Å². The first-order valence-corrected chi connectivity index (χ1v) is 19.8. The summed E-state index contributed by atoms with van der Waals surface area (Å²) in [5, 5.41) is 18.9. The van der Waals surface area contributed by atoms with Crippen LogP contribution in [-0.4, -0.2) is 60.9 Å². The van der Waals surface area contributed by atoms with E-state index in [4.69, 9.17) is 33.9 Å². The summed E-state index contributed by atoms with van der Waals surface area (Å²) >= 11 is 10.9. The molecule has 0 saturated heterocycles. The number of benzene rings is 5. The summed E-state index contributed by atoms with van der Waals surface area (Å²) in [6.45, 7) is 1.34. The Labute approximate surface area is 355 Å². The van der Waals surface area contributed by atoms with Gasteiger partial charge in [0.05, 0.1) is 24.6 Å². The van der Waals surface area contributed by atoms with Crippen LogP contribution >= 0.6 is 24.4 Å². The van der Waals surface area contributed by atoms with E-state index in [0.717, 1.165) is 55.9 Å². The third kappa shape index (κ3) is 10.6.